The largest absolute Gasteiger partial charge is 0.316 e. The van der Waals surface area contributed by atoms with Gasteiger partial charge in [0, 0.05) is 18.8 Å². The van der Waals surface area contributed by atoms with Gasteiger partial charge < -0.3 is 5.32 Å². The third-order valence-corrected chi connectivity index (χ3v) is 3.76. The van der Waals surface area contributed by atoms with E-state index in [9.17, 15) is 0 Å². The predicted molar refractivity (Wildman–Crippen MR) is 87.0 cm³/mol. The first-order valence-electron chi connectivity index (χ1n) is 8.11. The molecule has 1 rings (SSSR count). The fourth-order valence-electron chi connectivity index (χ4n) is 2.70. The van der Waals surface area contributed by atoms with E-state index in [1.807, 2.05) is 0 Å². The van der Waals surface area contributed by atoms with Crippen LogP contribution in [0.2, 0.25) is 0 Å². The third-order valence-electron chi connectivity index (χ3n) is 3.76. The van der Waals surface area contributed by atoms with Gasteiger partial charge in [-0.2, -0.15) is 5.10 Å². The highest BCUT2D eigenvalue weighted by molar-refractivity contribution is 5.03. The van der Waals surface area contributed by atoms with Crippen molar-refractivity contribution in [3.05, 3.63) is 18.0 Å². The average Bonchev–Trinajstić information content (AvgIpc) is 2.77. The molecule has 1 heterocycles. The zero-order valence-corrected chi connectivity index (χ0v) is 14.2. The van der Waals surface area contributed by atoms with E-state index in [0.29, 0.717) is 17.4 Å². The SMILES string of the molecule is CCCC(C)(CNCC(C)C)Cc1ccn(C(C)C)n1. The van der Waals surface area contributed by atoms with Crippen LogP contribution >= 0.6 is 0 Å². The number of rotatable bonds is 9. The molecule has 0 aliphatic carbocycles. The molecular formula is C17H33N3. The van der Waals surface area contributed by atoms with Crippen LogP contribution in [-0.2, 0) is 6.42 Å². The van der Waals surface area contributed by atoms with E-state index in [4.69, 9.17) is 5.10 Å². The fraction of sp³-hybridized carbons (Fsp3) is 0.824. The molecule has 1 atom stereocenters. The molecule has 1 aromatic heterocycles. The molecule has 0 amide bonds. The first-order chi connectivity index (χ1) is 9.36. The van der Waals surface area contributed by atoms with Crippen LogP contribution in [-0.4, -0.2) is 22.9 Å². The average molecular weight is 279 g/mol. The molecule has 1 N–H and O–H groups in total. The van der Waals surface area contributed by atoms with Gasteiger partial charge in [0.25, 0.3) is 0 Å². The highest BCUT2D eigenvalue weighted by atomic mass is 15.3. The van der Waals surface area contributed by atoms with Crippen molar-refractivity contribution in [1.29, 1.82) is 0 Å². The Bertz CT molecular complexity index is 381. The minimum Gasteiger partial charge on any atom is -0.316 e. The van der Waals surface area contributed by atoms with Crippen molar-refractivity contribution in [2.24, 2.45) is 11.3 Å². The second-order valence-electron chi connectivity index (χ2n) is 7.14. The molecule has 3 nitrogen and oxygen atoms in total. The molecule has 0 saturated heterocycles. The fourth-order valence-corrected chi connectivity index (χ4v) is 2.70. The Labute approximate surface area is 125 Å². The van der Waals surface area contributed by atoms with Crippen molar-refractivity contribution in [3.63, 3.8) is 0 Å². The highest BCUT2D eigenvalue weighted by Crippen LogP contribution is 2.27. The molecule has 3 heteroatoms. The van der Waals surface area contributed by atoms with Crippen molar-refractivity contribution in [3.8, 4) is 0 Å². The lowest BCUT2D eigenvalue weighted by molar-refractivity contribution is 0.267. The van der Waals surface area contributed by atoms with Crippen LogP contribution in [0.5, 0.6) is 0 Å². The van der Waals surface area contributed by atoms with E-state index in [-0.39, 0.29) is 0 Å². The Hall–Kier alpha value is -0.830. The molecule has 0 spiro atoms. The predicted octanol–water partition coefficient (Wildman–Crippen LogP) is 4.06. The summed E-state index contributed by atoms with van der Waals surface area (Å²) in [5.74, 6) is 0.709. The topological polar surface area (TPSA) is 29.9 Å². The number of hydrogen-bond donors (Lipinski definition) is 1. The molecule has 0 aliphatic heterocycles. The van der Waals surface area contributed by atoms with E-state index in [2.05, 4.69) is 63.8 Å². The molecule has 116 valence electrons. The van der Waals surface area contributed by atoms with E-state index in [0.717, 1.165) is 19.5 Å². The lowest BCUT2D eigenvalue weighted by Gasteiger charge is -2.29. The molecule has 0 aliphatic rings. The molecule has 0 radical (unpaired) electrons. The van der Waals surface area contributed by atoms with Gasteiger partial charge in [0.2, 0.25) is 0 Å². The second-order valence-corrected chi connectivity index (χ2v) is 7.14. The quantitative estimate of drug-likeness (QED) is 0.739. The summed E-state index contributed by atoms with van der Waals surface area (Å²) in [4.78, 5) is 0. The van der Waals surface area contributed by atoms with E-state index in [1.54, 1.807) is 0 Å². The van der Waals surface area contributed by atoms with Crippen LogP contribution in [0.3, 0.4) is 0 Å². The van der Waals surface area contributed by atoms with Gasteiger partial charge in [-0.1, -0.05) is 34.1 Å². The zero-order valence-electron chi connectivity index (χ0n) is 14.2. The number of nitrogens with one attached hydrogen (secondary N) is 1. The van der Waals surface area contributed by atoms with Gasteiger partial charge in [0.15, 0.2) is 0 Å². The van der Waals surface area contributed by atoms with Gasteiger partial charge in [-0.15, -0.1) is 0 Å². The van der Waals surface area contributed by atoms with Gasteiger partial charge in [-0.05, 0) is 50.6 Å². The summed E-state index contributed by atoms with van der Waals surface area (Å²) in [6.07, 6.45) is 5.64. The first-order valence-corrected chi connectivity index (χ1v) is 8.11. The maximum Gasteiger partial charge on any atom is 0.0630 e. The monoisotopic (exact) mass is 279 g/mol. The lowest BCUT2D eigenvalue weighted by Crippen LogP contribution is -2.35. The summed E-state index contributed by atoms with van der Waals surface area (Å²) in [6.45, 7) is 15.7. The smallest absolute Gasteiger partial charge is 0.0630 e. The minimum absolute atomic E-state index is 0.305. The Kier molecular flexibility index (Phi) is 6.74. The van der Waals surface area contributed by atoms with Crippen LogP contribution in [0.4, 0.5) is 0 Å². The molecule has 0 fully saturated rings. The number of nitrogens with zero attached hydrogens (tertiary/aromatic N) is 2. The maximum atomic E-state index is 4.71. The summed E-state index contributed by atoms with van der Waals surface area (Å²) in [6, 6.07) is 2.62. The standard InChI is InChI=1S/C17H33N3/c1-7-9-17(6,13-18-12-14(2)3)11-16-8-10-20(19-16)15(4)5/h8,10,14-15,18H,7,9,11-13H2,1-6H3. The third kappa shape index (κ3) is 5.66. The van der Waals surface area contributed by atoms with Gasteiger partial charge in [0.1, 0.15) is 0 Å². The Balaban J connectivity index is 2.63. The zero-order chi connectivity index (χ0) is 15.2. The van der Waals surface area contributed by atoms with Crippen molar-refractivity contribution in [2.45, 2.75) is 66.8 Å². The van der Waals surface area contributed by atoms with Crippen LogP contribution in [0, 0.1) is 11.3 Å². The van der Waals surface area contributed by atoms with Crippen molar-refractivity contribution >= 4 is 0 Å². The molecular weight excluding hydrogens is 246 g/mol. The van der Waals surface area contributed by atoms with E-state index in [1.165, 1.54) is 18.5 Å². The second kappa shape index (κ2) is 7.82. The van der Waals surface area contributed by atoms with Crippen molar-refractivity contribution < 1.29 is 0 Å². The van der Waals surface area contributed by atoms with Crippen LogP contribution in [0.15, 0.2) is 12.3 Å². The molecule has 20 heavy (non-hydrogen) atoms. The van der Waals surface area contributed by atoms with Crippen molar-refractivity contribution in [2.75, 3.05) is 13.1 Å². The molecule has 0 bridgehead atoms. The maximum absolute atomic E-state index is 4.71. The molecule has 1 aromatic rings. The summed E-state index contributed by atoms with van der Waals surface area (Å²) in [7, 11) is 0. The number of aromatic nitrogens is 2. The van der Waals surface area contributed by atoms with Gasteiger partial charge >= 0.3 is 0 Å². The van der Waals surface area contributed by atoms with E-state index < -0.39 is 0 Å². The summed E-state index contributed by atoms with van der Waals surface area (Å²) < 4.78 is 2.06. The highest BCUT2D eigenvalue weighted by Gasteiger charge is 2.24. The molecule has 1 unspecified atom stereocenters. The van der Waals surface area contributed by atoms with Crippen LogP contribution in [0.1, 0.15) is 66.1 Å². The first kappa shape index (κ1) is 17.2. The van der Waals surface area contributed by atoms with Crippen LogP contribution in [0.25, 0.3) is 0 Å². The van der Waals surface area contributed by atoms with Gasteiger partial charge in [-0.3, -0.25) is 4.68 Å². The molecule has 0 saturated carbocycles. The minimum atomic E-state index is 0.305. The summed E-state index contributed by atoms with van der Waals surface area (Å²) in [5.41, 5.74) is 1.53. The van der Waals surface area contributed by atoms with Crippen LogP contribution < -0.4 is 5.32 Å². The van der Waals surface area contributed by atoms with Gasteiger partial charge in [0.05, 0.1) is 5.69 Å². The Morgan fingerprint density at radius 3 is 2.50 bits per heavy atom. The molecule has 0 aromatic carbocycles. The lowest BCUT2D eigenvalue weighted by atomic mass is 9.81. The number of hydrogen-bond acceptors (Lipinski definition) is 2. The van der Waals surface area contributed by atoms with Crippen molar-refractivity contribution in [1.82, 2.24) is 15.1 Å². The normalized spacial score (nSPS) is 15.0. The summed E-state index contributed by atoms with van der Waals surface area (Å²) >= 11 is 0. The van der Waals surface area contributed by atoms with E-state index >= 15 is 0 Å². The van der Waals surface area contributed by atoms with Gasteiger partial charge in [-0.25, -0.2) is 0 Å². The Morgan fingerprint density at radius 2 is 2.00 bits per heavy atom. The summed E-state index contributed by atoms with van der Waals surface area (Å²) in [5, 5.41) is 8.33. The Morgan fingerprint density at radius 1 is 1.30 bits per heavy atom.